The van der Waals surface area contributed by atoms with Crippen molar-refractivity contribution >= 4 is 27.3 Å². The molecule has 0 radical (unpaired) electrons. The summed E-state index contributed by atoms with van der Waals surface area (Å²) in [6.45, 7) is 2.51. The molecule has 1 rings (SSSR count). The second-order valence-electron chi connectivity index (χ2n) is 3.72. The number of halogens is 2. The average molecular weight is 321 g/mol. The van der Waals surface area contributed by atoms with Gasteiger partial charge in [0.25, 0.3) is 5.69 Å². The zero-order valence-corrected chi connectivity index (χ0v) is 11.5. The van der Waals surface area contributed by atoms with Crippen LogP contribution in [0.3, 0.4) is 0 Å². The Kier molecular flexibility index (Phi) is 5.49. The summed E-state index contributed by atoms with van der Waals surface area (Å²) in [6.07, 6.45) is 0.745. The Labute approximate surface area is 112 Å². The molecule has 1 aromatic rings. The van der Waals surface area contributed by atoms with Gasteiger partial charge in [-0.3, -0.25) is 10.1 Å². The van der Waals surface area contributed by atoms with E-state index in [0.717, 1.165) is 18.6 Å². The lowest BCUT2D eigenvalue weighted by Crippen LogP contribution is -2.28. The van der Waals surface area contributed by atoms with Crippen molar-refractivity contribution in [2.45, 2.75) is 13.3 Å². The number of hydrogen-bond donors (Lipinski definition) is 1. The van der Waals surface area contributed by atoms with E-state index in [-0.39, 0.29) is 29.0 Å². The Bertz CT molecular complexity index is 437. The molecule has 0 amide bonds. The third kappa shape index (κ3) is 3.39. The third-order valence-corrected chi connectivity index (χ3v) is 3.03. The maximum Gasteiger partial charge on any atom is 0.293 e. The van der Waals surface area contributed by atoms with Gasteiger partial charge in [0, 0.05) is 25.2 Å². The Hall–Kier alpha value is -1.21. The predicted octanol–water partition coefficient (Wildman–Crippen LogP) is 2.71. The Balaban J connectivity index is 3.25. The van der Waals surface area contributed by atoms with Gasteiger partial charge in [-0.1, -0.05) is 6.92 Å². The van der Waals surface area contributed by atoms with Crippen molar-refractivity contribution in [3.05, 3.63) is 32.5 Å². The van der Waals surface area contributed by atoms with Crippen LogP contribution in [-0.4, -0.2) is 29.7 Å². The monoisotopic (exact) mass is 320 g/mol. The molecule has 100 valence electrons. The summed E-state index contributed by atoms with van der Waals surface area (Å²) in [5.41, 5.74) is 0.0155. The predicted molar refractivity (Wildman–Crippen MR) is 70.3 cm³/mol. The van der Waals surface area contributed by atoms with Crippen LogP contribution in [0.4, 0.5) is 15.8 Å². The number of nitrogens with zero attached hydrogens (tertiary/aromatic N) is 2. The highest BCUT2D eigenvalue weighted by Crippen LogP contribution is 2.33. The van der Waals surface area contributed by atoms with Crippen molar-refractivity contribution in [3.63, 3.8) is 0 Å². The molecule has 0 heterocycles. The zero-order valence-electron chi connectivity index (χ0n) is 9.90. The fourth-order valence-corrected chi connectivity index (χ4v) is 2.00. The van der Waals surface area contributed by atoms with Gasteiger partial charge in [0.1, 0.15) is 11.5 Å². The van der Waals surface area contributed by atoms with Gasteiger partial charge in [0.15, 0.2) is 0 Å². The van der Waals surface area contributed by atoms with Crippen LogP contribution in [0.1, 0.15) is 13.3 Å². The first-order valence-corrected chi connectivity index (χ1v) is 6.29. The van der Waals surface area contributed by atoms with Gasteiger partial charge < -0.3 is 10.0 Å². The number of benzene rings is 1. The molecule has 0 unspecified atom stereocenters. The second-order valence-corrected chi connectivity index (χ2v) is 4.58. The van der Waals surface area contributed by atoms with E-state index in [1.807, 2.05) is 6.92 Å². The SMILES string of the molecule is CCCN(CCO)c1cc(F)c(Br)cc1[N+](=O)[O-]. The highest BCUT2D eigenvalue weighted by Gasteiger charge is 2.21. The van der Waals surface area contributed by atoms with Crippen LogP contribution in [0.25, 0.3) is 0 Å². The molecule has 1 N–H and O–H groups in total. The van der Waals surface area contributed by atoms with E-state index in [0.29, 0.717) is 6.54 Å². The van der Waals surface area contributed by atoms with Crippen LogP contribution in [0.5, 0.6) is 0 Å². The Morgan fingerprint density at radius 3 is 2.67 bits per heavy atom. The lowest BCUT2D eigenvalue weighted by atomic mass is 10.2. The van der Waals surface area contributed by atoms with Crippen LogP contribution >= 0.6 is 15.9 Å². The Morgan fingerprint density at radius 2 is 2.17 bits per heavy atom. The number of aliphatic hydroxyl groups excluding tert-OH is 1. The minimum absolute atomic E-state index is 0.0541. The highest BCUT2D eigenvalue weighted by molar-refractivity contribution is 9.10. The maximum absolute atomic E-state index is 13.5. The molecule has 1 aromatic carbocycles. The van der Waals surface area contributed by atoms with Gasteiger partial charge in [-0.2, -0.15) is 0 Å². The molecule has 18 heavy (non-hydrogen) atoms. The van der Waals surface area contributed by atoms with Gasteiger partial charge in [-0.05, 0) is 22.4 Å². The fraction of sp³-hybridized carbons (Fsp3) is 0.455. The first-order chi connectivity index (χ1) is 8.51. The van der Waals surface area contributed by atoms with Crippen molar-refractivity contribution < 1.29 is 14.4 Å². The summed E-state index contributed by atoms with van der Waals surface area (Å²) >= 11 is 2.93. The molecule has 0 saturated heterocycles. The molecule has 5 nitrogen and oxygen atoms in total. The molecule has 0 saturated carbocycles. The highest BCUT2D eigenvalue weighted by atomic mass is 79.9. The lowest BCUT2D eigenvalue weighted by molar-refractivity contribution is -0.384. The topological polar surface area (TPSA) is 66.6 Å². The van der Waals surface area contributed by atoms with Gasteiger partial charge >= 0.3 is 0 Å². The van der Waals surface area contributed by atoms with E-state index in [1.165, 1.54) is 0 Å². The standard InChI is InChI=1S/C11H14BrFN2O3/c1-2-3-14(4-5-16)10-7-9(13)8(12)6-11(10)15(17)18/h6-7,16H,2-5H2,1H3. The molecule has 7 heteroatoms. The maximum atomic E-state index is 13.5. The summed E-state index contributed by atoms with van der Waals surface area (Å²) in [5, 5.41) is 19.9. The lowest BCUT2D eigenvalue weighted by Gasteiger charge is -2.23. The summed E-state index contributed by atoms with van der Waals surface area (Å²) in [7, 11) is 0. The summed E-state index contributed by atoms with van der Waals surface area (Å²) in [5.74, 6) is -0.561. The van der Waals surface area contributed by atoms with Gasteiger partial charge in [-0.25, -0.2) is 4.39 Å². The van der Waals surface area contributed by atoms with Crippen molar-refractivity contribution in [2.75, 3.05) is 24.6 Å². The summed E-state index contributed by atoms with van der Waals surface area (Å²) < 4.78 is 13.6. The van der Waals surface area contributed by atoms with Gasteiger partial charge in [0.05, 0.1) is 16.0 Å². The number of anilines is 1. The molecular weight excluding hydrogens is 307 g/mol. The number of nitro benzene ring substituents is 1. The van der Waals surface area contributed by atoms with Crippen molar-refractivity contribution in [1.82, 2.24) is 0 Å². The van der Waals surface area contributed by atoms with Crippen molar-refractivity contribution in [3.8, 4) is 0 Å². The molecule has 0 aliphatic heterocycles. The first-order valence-electron chi connectivity index (χ1n) is 5.50. The number of nitro groups is 1. The van der Waals surface area contributed by atoms with Crippen LogP contribution in [0, 0.1) is 15.9 Å². The van der Waals surface area contributed by atoms with Crippen molar-refractivity contribution in [1.29, 1.82) is 0 Å². The van der Waals surface area contributed by atoms with E-state index < -0.39 is 10.7 Å². The Morgan fingerprint density at radius 1 is 1.50 bits per heavy atom. The molecule has 0 aromatic heterocycles. The van der Waals surface area contributed by atoms with Gasteiger partial charge in [-0.15, -0.1) is 0 Å². The zero-order chi connectivity index (χ0) is 13.7. The minimum atomic E-state index is -0.561. The molecule has 0 aliphatic carbocycles. The van der Waals surface area contributed by atoms with Gasteiger partial charge in [0.2, 0.25) is 0 Å². The third-order valence-electron chi connectivity index (χ3n) is 2.42. The van der Waals surface area contributed by atoms with E-state index in [2.05, 4.69) is 15.9 Å². The van der Waals surface area contributed by atoms with Crippen LogP contribution in [0.15, 0.2) is 16.6 Å². The second kappa shape index (κ2) is 6.65. The first kappa shape index (κ1) is 14.8. The molecule has 0 aliphatic rings. The van der Waals surface area contributed by atoms with E-state index >= 15 is 0 Å². The molecule has 0 fully saturated rings. The number of aliphatic hydroxyl groups is 1. The smallest absolute Gasteiger partial charge is 0.293 e. The number of hydrogen-bond acceptors (Lipinski definition) is 4. The summed E-state index contributed by atoms with van der Waals surface area (Å²) in [6, 6.07) is 2.26. The van der Waals surface area contributed by atoms with E-state index in [4.69, 9.17) is 5.11 Å². The molecule has 0 spiro atoms. The average Bonchev–Trinajstić information content (AvgIpc) is 2.31. The normalized spacial score (nSPS) is 10.4. The minimum Gasteiger partial charge on any atom is -0.395 e. The number of rotatable bonds is 6. The summed E-state index contributed by atoms with van der Waals surface area (Å²) in [4.78, 5) is 12.0. The fourth-order valence-electron chi connectivity index (χ4n) is 1.67. The largest absolute Gasteiger partial charge is 0.395 e. The quantitative estimate of drug-likeness (QED) is 0.646. The van der Waals surface area contributed by atoms with E-state index in [1.54, 1.807) is 4.90 Å². The molecule has 0 bridgehead atoms. The molecule has 0 atom stereocenters. The molecular formula is C11H14BrFN2O3. The van der Waals surface area contributed by atoms with E-state index in [9.17, 15) is 14.5 Å². The van der Waals surface area contributed by atoms with Crippen LogP contribution in [0.2, 0.25) is 0 Å². The van der Waals surface area contributed by atoms with Crippen molar-refractivity contribution in [2.24, 2.45) is 0 Å². The van der Waals surface area contributed by atoms with Crippen LogP contribution in [-0.2, 0) is 0 Å². The van der Waals surface area contributed by atoms with Crippen LogP contribution < -0.4 is 4.90 Å².